The first-order chi connectivity index (χ1) is 18.3. The van der Waals surface area contributed by atoms with Gasteiger partial charge in [-0.1, -0.05) is 49.6 Å². The van der Waals surface area contributed by atoms with Gasteiger partial charge < -0.3 is 5.32 Å². The third-order valence-corrected chi connectivity index (χ3v) is 9.83. The molecule has 0 aromatic heterocycles. The monoisotopic (exact) mass is 542 g/mol. The molecule has 2 aromatic rings. The van der Waals surface area contributed by atoms with Crippen LogP contribution < -0.4 is 10.2 Å². The number of rotatable bonds is 8. The van der Waals surface area contributed by atoms with E-state index in [4.69, 9.17) is 0 Å². The Bertz CT molecular complexity index is 1290. The lowest BCUT2D eigenvalue weighted by molar-refractivity contribution is -0.128. The van der Waals surface area contributed by atoms with Crippen LogP contribution in [0, 0.1) is 18.7 Å². The zero-order valence-electron chi connectivity index (χ0n) is 21.7. The summed E-state index contributed by atoms with van der Waals surface area (Å²) < 4.78 is 42.8. The van der Waals surface area contributed by atoms with Crippen molar-refractivity contribution in [3.63, 3.8) is 0 Å². The van der Waals surface area contributed by atoms with Gasteiger partial charge in [-0.3, -0.25) is 14.5 Å². The van der Waals surface area contributed by atoms with Crippen LogP contribution in [0.1, 0.15) is 55.7 Å². The predicted molar refractivity (Wildman–Crippen MR) is 143 cm³/mol. The second-order valence-corrected chi connectivity index (χ2v) is 12.5. The fourth-order valence-corrected chi connectivity index (χ4v) is 7.19. The zero-order valence-corrected chi connectivity index (χ0v) is 22.5. The number of halogens is 1. The van der Waals surface area contributed by atoms with Crippen molar-refractivity contribution in [1.82, 2.24) is 13.9 Å². The number of hydrogen-bond acceptors (Lipinski definition) is 4. The molecule has 3 fully saturated rings. The molecule has 0 radical (unpaired) electrons. The Kier molecular flexibility index (Phi) is 7.83. The van der Waals surface area contributed by atoms with E-state index in [1.54, 1.807) is 6.07 Å². The Morgan fingerprint density at radius 2 is 1.71 bits per heavy atom. The highest BCUT2D eigenvalue weighted by atomic mass is 32.2. The van der Waals surface area contributed by atoms with Gasteiger partial charge in [0.25, 0.3) is 10.2 Å². The van der Waals surface area contributed by atoms with Gasteiger partial charge in [-0.25, -0.2) is 4.39 Å². The van der Waals surface area contributed by atoms with Gasteiger partial charge in [0, 0.05) is 37.9 Å². The van der Waals surface area contributed by atoms with Crippen molar-refractivity contribution in [3.8, 4) is 0 Å². The summed E-state index contributed by atoms with van der Waals surface area (Å²) >= 11 is 0. The average Bonchev–Trinajstić information content (AvgIpc) is 3.65. The maximum Gasteiger partial charge on any atom is 0.282 e. The van der Waals surface area contributed by atoms with E-state index in [-0.39, 0.29) is 36.6 Å². The van der Waals surface area contributed by atoms with Crippen molar-refractivity contribution in [2.75, 3.05) is 31.1 Å². The summed E-state index contributed by atoms with van der Waals surface area (Å²) in [6.45, 7) is 3.13. The Labute approximate surface area is 224 Å². The summed E-state index contributed by atoms with van der Waals surface area (Å²) in [7, 11) is -3.59. The van der Waals surface area contributed by atoms with Crippen LogP contribution in [-0.2, 0) is 19.8 Å². The highest BCUT2D eigenvalue weighted by molar-refractivity contribution is 7.87. The number of amides is 2. The smallest absolute Gasteiger partial charge is 0.282 e. The largest absolute Gasteiger partial charge is 0.351 e. The molecular formula is C28H35FN4O4S. The molecule has 10 heteroatoms. The maximum absolute atomic E-state index is 14.5. The summed E-state index contributed by atoms with van der Waals surface area (Å²) in [5.41, 5.74) is 1.77. The molecule has 8 nitrogen and oxygen atoms in total. The number of aryl methyl sites for hydroxylation is 1. The molecular weight excluding hydrogens is 507 g/mol. The first-order valence-corrected chi connectivity index (χ1v) is 14.8. The van der Waals surface area contributed by atoms with E-state index in [9.17, 15) is 22.4 Å². The lowest BCUT2D eigenvalue weighted by atomic mass is 9.93. The Morgan fingerprint density at radius 1 is 0.974 bits per heavy atom. The fourth-order valence-electron chi connectivity index (χ4n) is 5.62. The molecule has 2 amide bonds. The molecule has 2 saturated heterocycles. The second kappa shape index (κ2) is 11.1. The first kappa shape index (κ1) is 26.8. The lowest BCUT2D eigenvalue weighted by Crippen LogP contribution is -2.49. The van der Waals surface area contributed by atoms with Gasteiger partial charge in [0.1, 0.15) is 11.9 Å². The van der Waals surface area contributed by atoms with Crippen LogP contribution in [0.4, 0.5) is 10.1 Å². The van der Waals surface area contributed by atoms with Gasteiger partial charge in [0.05, 0.1) is 5.92 Å². The summed E-state index contributed by atoms with van der Waals surface area (Å²) in [5, 5.41) is 3.17. The molecule has 0 bridgehead atoms. The highest BCUT2D eigenvalue weighted by Crippen LogP contribution is 2.35. The van der Waals surface area contributed by atoms with Gasteiger partial charge in [-0.15, -0.1) is 0 Å². The molecule has 2 heterocycles. The molecule has 0 spiro atoms. The predicted octanol–water partition coefficient (Wildman–Crippen LogP) is 3.54. The first-order valence-electron chi connectivity index (χ1n) is 13.5. The molecule has 204 valence electrons. The third-order valence-electron chi connectivity index (χ3n) is 7.82. The van der Waals surface area contributed by atoms with Gasteiger partial charge in [-0.2, -0.15) is 17.0 Å². The van der Waals surface area contributed by atoms with Crippen LogP contribution in [0.5, 0.6) is 0 Å². The molecule has 2 aromatic carbocycles. The number of benzene rings is 2. The van der Waals surface area contributed by atoms with E-state index < -0.39 is 28.0 Å². The molecule has 1 N–H and O–H groups in total. The van der Waals surface area contributed by atoms with Crippen molar-refractivity contribution in [2.45, 2.75) is 57.5 Å². The van der Waals surface area contributed by atoms with E-state index >= 15 is 0 Å². The Balaban J connectivity index is 1.52. The summed E-state index contributed by atoms with van der Waals surface area (Å²) in [4.78, 5) is 29.6. The number of anilines is 1. The molecule has 1 saturated carbocycles. The lowest BCUT2D eigenvalue weighted by Gasteiger charge is -2.35. The summed E-state index contributed by atoms with van der Waals surface area (Å²) in [6, 6.07) is 12.1. The Hall–Kier alpha value is -2.82. The van der Waals surface area contributed by atoms with E-state index in [0.717, 1.165) is 37.7 Å². The van der Waals surface area contributed by atoms with Gasteiger partial charge >= 0.3 is 0 Å². The molecule has 5 rings (SSSR count). The van der Waals surface area contributed by atoms with E-state index in [1.165, 1.54) is 31.7 Å². The number of carbonyl (C=O) groups is 2. The number of hydrogen-bond donors (Lipinski definition) is 1. The molecule has 0 unspecified atom stereocenters. The average molecular weight is 543 g/mol. The molecule has 3 aliphatic rings. The van der Waals surface area contributed by atoms with Crippen molar-refractivity contribution in [3.05, 3.63) is 65.5 Å². The summed E-state index contributed by atoms with van der Waals surface area (Å²) in [5.74, 6) is -1.86. The molecule has 38 heavy (non-hydrogen) atoms. The molecule has 2 aliphatic heterocycles. The van der Waals surface area contributed by atoms with E-state index in [1.807, 2.05) is 31.2 Å². The maximum atomic E-state index is 14.5. The van der Waals surface area contributed by atoms with Gasteiger partial charge in [-0.05, 0) is 55.5 Å². The Morgan fingerprint density at radius 3 is 2.39 bits per heavy atom. The SMILES string of the molecule is Cc1ccccc1[C@@H](C(=O)NC1CCCCC1)N(C(=O)[C@H]1CCN(S(=O)(=O)N2CC2)C1)c1cccc(F)c1. The van der Waals surface area contributed by atoms with Crippen LogP contribution in [-0.4, -0.2) is 61.1 Å². The number of nitrogens with zero attached hydrogens (tertiary/aromatic N) is 3. The van der Waals surface area contributed by atoms with Crippen LogP contribution in [0.15, 0.2) is 48.5 Å². The van der Waals surface area contributed by atoms with E-state index in [2.05, 4.69) is 5.32 Å². The standard InChI is InChI=1S/C28H35FN4O4S/c1-20-8-5-6-13-25(20)26(27(34)30-23-10-3-2-4-11-23)33(24-12-7-9-22(29)18-24)28(35)21-14-15-32(19-21)38(36,37)31-16-17-31/h5-9,12-13,18,21,23,26H,2-4,10-11,14-17,19H2,1H3,(H,30,34)/t21-,26-/m0/s1. The normalized spacial score (nSPS) is 21.7. The van der Waals surface area contributed by atoms with Crippen molar-refractivity contribution < 1.29 is 22.4 Å². The van der Waals surface area contributed by atoms with Crippen LogP contribution >= 0.6 is 0 Å². The van der Waals surface area contributed by atoms with Gasteiger partial charge in [0.2, 0.25) is 11.8 Å². The van der Waals surface area contributed by atoms with Crippen LogP contribution in [0.25, 0.3) is 0 Å². The topological polar surface area (TPSA) is 89.8 Å². The number of carbonyl (C=O) groups excluding carboxylic acids is 2. The van der Waals surface area contributed by atoms with Crippen molar-refractivity contribution >= 4 is 27.7 Å². The second-order valence-electron chi connectivity index (χ2n) is 10.5. The minimum atomic E-state index is -3.59. The minimum Gasteiger partial charge on any atom is -0.351 e. The molecule has 1 aliphatic carbocycles. The minimum absolute atomic E-state index is 0.0203. The third kappa shape index (κ3) is 5.62. The van der Waals surface area contributed by atoms with E-state index in [0.29, 0.717) is 25.1 Å². The van der Waals surface area contributed by atoms with Gasteiger partial charge in [0.15, 0.2) is 0 Å². The highest BCUT2D eigenvalue weighted by Gasteiger charge is 2.45. The quantitative estimate of drug-likeness (QED) is 0.517. The zero-order chi connectivity index (χ0) is 26.9. The summed E-state index contributed by atoms with van der Waals surface area (Å²) in [6.07, 6.45) is 5.31. The van der Waals surface area contributed by atoms with Crippen molar-refractivity contribution in [2.24, 2.45) is 5.92 Å². The fraction of sp³-hybridized carbons (Fsp3) is 0.500. The van der Waals surface area contributed by atoms with Crippen LogP contribution in [0.3, 0.4) is 0 Å². The van der Waals surface area contributed by atoms with Crippen molar-refractivity contribution in [1.29, 1.82) is 0 Å². The number of nitrogens with one attached hydrogen (secondary N) is 1. The molecule has 2 atom stereocenters. The van der Waals surface area contributed by atoms with Crippen LogP contribution in [0.2, 0.25) is 0 Å².